The first kappa shape index (κ1) is 15.1. The van der Waals surface area contributed by atoms with Gasteiger partial charge in [-0.1, -0.05) is 6.92 Å². The molecule has 1 aromatic rings. The van der Waals surface area contributed by atoms with E-state index in [0.29, 0.717) is 24.6 Å². The van der Waals surface area contributed by atoms with Crippen molar-refractivity contribution in [2.24, 2.45) is 11.8 Å². The quantitative estimate of drug-likeness (QED) is 0.843. The summed E-state index contributed by atoms with van der Waals surface area (Å²) in [7, 11) is 0. The molecule has 0 saturated carbocycles. The van der Waals surface area contributed by atoms with Crippen molar-refractivity contribution in [3.8, 4) is 0 Å². The summed E-state index contributed by atoms with van der Waals surface area (Å²) in [5.41, 5.74) is 0.592. The lowest BCUT2D eigenvalue weighted by Crippen LogP contribution is -2.46. The second-order valence-electron chi connectivity index (χ2n) is 6.59. The summed E-state index contributed by atoms with van der Waals surface area (Å²) in [5.74, 6) is 1.12. The molecule has 2 aliphatic heterocycles. The predicted molar refractivity (Wildman–Crippen MR) is 82.3 cm³/mol. The van der Waals surface area contributed by atoms with E-state index in [1.807, 2.05) is 9.80 Å². The Morgan fingerprint density at radius 2 is 1.68 bits per heavy atom. The molecule has 2 saturated heterocycles. The van der Waals surface area contributed by atoms with Crippen molar-refractivity contribution in [3.63, 3.8) is 0 Å². The van der Waals surface area contributed by atoms with Gasteiger partial charge in [-0.25, -0.2) is 0 Å². The van der Waals surface area contributed by atoms with Crippen molar-refractivity contribution >= 4 is 11.8 Å². The van der Waals surface area contributed by atoms with Gasteiger partial charge in [-0.2, -0.15) is 0 Å². The third kappa shape index (κ3) is 3.18. The maximum absolute atomic E-state index is 12.6. The molecule has 120 valence electrons. The van der Waals surface area contributed by atoms with Gasteiger partial charge in [-0.3, -0.25) is 9.59 Å². The second-order valence-corrected chi connectivity index (χ2v) is 6.59. The van der Waals surface area contributed by atoms with Crippen molar-refractivity contribution in [1.82, 2.24) is 9.80 Å². The number of nitrogens with zero attached hydrogens (tertiary/aromatic N) is 2. The highest BCUT2D eigenvalue weighted by atomic mass is 16.3. The monoisotopic (exact) mass is 304 g/mol. The molecule has 0 bridgehead atoms. The van der Waals surface area contributed by atoms with E-state index in [0.717, 1.165) is 44.7 Å². The molecule has 0 spiro atoms. The minimum Gasteiger partial charge on any atom is -0.472 e. The van der Waals surface area contributed by atoms with Crippen molar-refractivity contribution < 1.29 is 14.0 Å². The summed E-state index contributed by atoms with van der Waals surface area (Å²) >= 11 is 0. The van der Waals surface area contributed by atoms with Crippen LogP contribution < -0.4 is 0 Å². The number of furan rings is 1. The van der Waals surface area contributed by atoms with Crippen LogP contribution in [0.2, 0.25) is 0 Å². The van der Waals surface area contributed by atoms with Crippen LogP contribution >= 0.6 is 0 Å². The van der Waals surface area contributed by atoms with Gasteiger partial charge in [-0.15, -0.1) is 0 Å². The van der Waals surface area contributed by atoms with Crippen LogP contribution in [-0.4, -0.2) is 47.8 Å². The lowest BCUT2D eigenvalue weighted by molar-refractivity contribution is -0.138. The number of carbonyl (C=O) groups is 2. The van der Waals surface area contributed by atoms with Gasteiger partial charge in [0.05, 0.1) is 11.8 Å². The van der Waals surface area contributed by atoms with Gasteiger partial charge in [-0.05, 0) is 37.7 Å². The first-order valence-corrected chi connectivity index (χ1v) is 8.25. The molecule has 0 atom stereocenters. The number of hydrogen-bond donors (Lipinski definition) is 0. The molecule has 22 heavy (non-hydrogen) atoms. The number of likely N-dealkylation sites (tertiary alicyclic amines) is 2. The van der Waals surface area contributed by atoms with Gasteiger partial charge < -0.3 is 14.2 Å². The maximum atomic E-state index is 12.6. The van der Waals surface area contributed by atoms with Crippen LogP contribution in [-0.2, 0) is 4.79 Å². The van der Waals surface area contributed by atoms with Crippen molar-refractivity contribution in [2.45, 2.75) is 32.6 Å². The number of piperidine rings is 2. The molecule has 0 aromatic carbocycles. The average Bonchev–Trinajstić information content (AvgIpc) is 3.09. The van der Waals surface area contributed by atoms with E-state index in [9.17, 15) is 9.59 Å². The topological polar surface area (TPSA) is 53.8 Å². The van der Waals surface area contributed by atoms with E-state index in [-0.39, 0.29) is 11.8 Å². The summed E-state index contributed by atoms with van der Waals surface area (Å²) in [4.78, 5) is 28.7. The molecule has 2 fully saturated rings. The number of rotatable bonds is 2. The van der Waals surface area contributed by atoms with Crippen molar-refractivity contribution in [2.75, 3.05) is 26.2 Å². The predicted octanol–water partition coefficient (Wildman–Crippen LogP) is 2.39. The Labute approximate surface area is 131 Å². The third-order valence-corrected chi connectivity index (χ3v) is 4.99. The maximum Gasteiger partial charge on any atom is 0.257 e. The fourth-order valence-corrected chi connectivity index (χ4v) is 3.39. The first-order chi connectivity index (χ1) is 10.6. The molecule has 5 nitrogen and oxygen atoms in total. The second kappa shape index (κ2) is 6.55. The average molecular weight is 304 g/mol. The lowest BCUT2D eigenvalue weighted by atomic mass is 9.92. The Morgan fingerprint density at radius 3 is 2.27 bits per heavy atom. The van der Waals surface area contributed by atoms with Crippen LogP contribution in [0.4, 0.5) is 0 Å². The van der Waals surface area contributed by atoms with Crippen molar-refractivity contribution in [1.29, 1.82) is 0 Å². The molecule has 3 rings (SSSR count). The molecule has 0 aliphatic carbocycles. The number of hydrogen-bond acceptors (Lipinski definition) is 3. The van der Waals surface area contributed by atoms with E-state index < -0.39 is 0 Å². The van der Waals surface area contributed by atoms with Crippen LogP contribution in [0.1, 0.15) is 43.0 Å². The highest BCUT2D eigenvalue weighted by Gasteiger charge is 2.31. The Balaban J connectivity index is 1.51. The van der Waals surface area contributed by atoms with Crippen LogP contribution in [0.3, 0.4) is 0 Å². The molecule has 0 unspecified atom stereocenters. The molecule has 1 aromatic heterocycles. The summed E-state index contributed by atoms with van der Waals surface area (Å²) in [6.45, 7) is 5.36. The van der Waals surface area contributed by atoms with E-state index in [4.69, 9.17) is 4.42 Å². The molecule has 2 amide bonds. The standard InChI is InChI=1S/C17H24N2O3/c1-13-2-7-18(8-3-13)16(20)14-4-9-19(10-5-14)17(21)15-6-11-22-12-15/h6,11-14H,2-5,7-10H2,1H3. The molecule has 2 aliphatic rings. The minimum atomic E-state index is 0.00597. The normalized spacial score (nSPS) is 21.1. The van der Waals surface area contributed by atoms with Crippen LogP contribution in [0.15, 0.2) is 23.0 Å². The van der Waals surface area contributed by atoms with E-state index in [2.05, 4.69) is 6.92 Å². The van der Waals surface area contributed by atoms with E-state index in [1.54, 1.807) is 6.07 Å². The molecule has 5 heteroatoms. The van der Waals surface area contributed by atoms with Gasteiger partial charge in [0, 0.05) is 32.1 Å². The van der Waals surface area contributed by atoms with Crippen LogP contribution in [0.25, 0.3) is 0 Å². The molecule has 0 N–H and O–H groups in total. The summed E-state index contributed by atoms with van der Waals surface area (Å²) in [6, 6.07) is 1.69. The minimum absolute atomic E-state index is 0.00597. The Hall–Kier alpha value is -1.78. The molecular weight excluding hydrogens is 280 g/mol. The number of carbonyl (C=O) groups excluding carboxylic acids is 2. The van der Waals surface area contributed by atoms with Crippen LogP contribution in [0, 0.1) is 11.8 Å². The van der Waals surface area contributed by atoms with E-state index in [1.165, 1.54) is 12.5 Å². The van der Waals surface area contributed by atoms with Gasteiger partial charge in [0.1, 0.15) is 6.26 Å². The summed E-state index contributed by atoms with van der Waals surface area (Å²) < 4.78 is 4.97. The Bertz CT molecular complexity index is 510. The fraction of sp³-hybridized carbons (Fsp3) is 0.647. The fourth-order valence-electron chi connectivity index (χ4n) is 3.39. The number of amides is 2. The third-order valence-electron chi connectivity index (χ3n) is 4.99. The van der Waals surface area contributed by atoms with Gasteiger partial charge in [0.15, 0.2) is 0 Å². The largest absolute Gasteiger partial charge is 0.472 e. The van der Waals surface area contributed by atoms with Gasteiger partial charge in [0.2, 0.25) is 5.91 Å². The molecular formula is C17H24N2O3. The lowest BCUT2D eigenvalue weighted by Gasteiger charge is -2.36. The van der Waals surface area contributed by atoms with Crippen LogP contribution in [0.5, 0.6) is 0 Å². The van der Waals surface area contributed by atoms with Crippen molar-refractivity contribution in [3.05, 3.63) is 24.2 Å². The molecule has 0 radical (unpaired) electrons. The summed E-state index contributed by atoms with van der Waals surface area (Å²) in [6.07, 6.45) is 6.77. The SMILES string of the molecule is CC1CCN(C(=O)C2CCN(C(=O)c3ccoc3)CC2)CC1. The highest BCUT2D eigenvalue weighted by molar-refractivity contribution is 5.94. The smallest absolute Gasteiger partial charge is 0.257 e. The first-order valence-electron chi connectivity index (χ1n) is 8.25. The summed E-state index contributed by atoms with van der Waals surface area (Å²) in [5, 5.41) is 0. The zero-order valence-electron chi connectivity index (χ0n) is 13.2. The molecule has 3 heterocycles. The zero-order chi connectivity index (χ0) is 15.5. The van der Waals surface area contributed by atoms with Gasteiger partial charge >= 0.3 is 0 Å². The highest BCUT2D eigenvalue weighted by Crippen LogP contribution is 2.24. The zero-order valence-corrected chi connectivity index (χ0v) is 13.2. The van der Waals surface area contributed by atoms with Gasteiger partial charge in [0.25, 0.3) is 5.91 Å². The Kier molecular flexibility index (Phi) is 4.50. The van der Waals surface area contributed by atoms with E-state index >= 15 is 0 Å². The Morgan fingerprint density at radius 1 is 1.05 bits per heavy atom.